The molecule has 1 aliphatic carbocycles. The maximum atomic E-state index is 7.56. The van der Waals surface area contributed by atoms with Gasteiger partial charge >= 0.3 is 0 Å². The number of anilines is 1. The molecular weight excluding hydrogens is 610 g/mol. The third-order valence-corrected chi connectivity index (χ3v) is 14.3. The Morgan fingerprint density at radius 1 is 0.848 bits per heavy atom. The van der Waals surface area contributed by atoms with E-state index in [0.717, 1.165) is 36.1 Å². The van der Waals surface area contributed by atoms with E-state index in [9.17, 15) is 0 Å². The first kappa shape index (κ1) is 30.3. The molecule has 0 radical (unpaired) electrons. The molecule has 2 atom stereocenters. The first-order valence-corrected chi connectivity index (χ1v) is 18.1. The van der Waals surface area contributed by atoms with E-state index in [2.05, 4.69) is 91.9 Å². The predicted octanol–water partition coefficient (Wildman–Crippen LogP) is 6.75. The zero-order chi connectivity index (χ0) is 31.9. The molecule has 0 amide bonds. The Labute approximate surface area is 275 Å². The normalized spacial score (nSPS) is 17.1. The van der Waals surface area contributed by atoms with Crippen LogP contribution in [0.1, 0.15) is 40.0 Å². The molecule has 1 saturated carbocycles. The maximum Gasteiger partial charge on any atom is 0.261 e. The molecule has 46 heavy (non-hydrogen) atoms. The molecule has 3 heterocycles. The summed E-state index contributed by atoms with van der Waals surface area (Å²) in [7, 11) is -0.824. The molecule has 0 bridgehead atoms. The number of aromatic nitrogens is 6. The highest BCUT2D eigenvalue weighted by atomic mass is 35.5. The van der Waals surface area contributed by atoms with Gasteiger partial charge in [-0.25, -0.2) is 9.50 Å². The van der Waals surface area contributed by atoms with Gasteiger partial charge in [0.15, 0.2) is 5.65 Å². The van der Waals surface area contributed by atoms with Crippen LogP contribution < -0.4 is 15.7 Å². The van der Waals surface area contributed by atoms with Crippen LogP contribution >= 0.6 is 11.6 Å². The summed E-state index contributed by atoms with van der Waals surface area (Å²) in [5, 5.41) is 16.2. The highest BCUT2D eigenvalue weighted by molar-refractivity contribution is 6.99. The second-order valence-electron chi connectivity index (χ2n) is 13.1. The number of hydrogen-bond acceptors (Lipinski definition) is 6. The highest BCUT2D eigenvalue weighted by Crippen LogP contribution is 2.40. The number of nitrogens with zero attached hydrogens (tertiary/aromatic N) is 6. The van der Waals surface area contributed by atoms with E-state index in [-0.39, 0.29) is 17.2 Å². The number of halogens is 1. The molecule has 7 rings (SSSR count). The molecule has 234 valence electrons. The summed E-state index contributed by atoms with van der Waals surface area (Å²) < 4.78 is 11.1. The Bertz CT molecular complexity index is 1910. The van der Waals surface area contributed by atoms with Gasteiger partial charge in [0.2, 0.25) is 5.95 Å². The van der Waals surface area contributed by atoms with E-state index < -0.39 is 8.32 Å². The number of aryl methyl sites for hydroxylation is 1. The fourth-order valence-corrected chi connectivity index (χ4v) is 11.6. The molecule has 1 aliphatic rings. The number of fused-ring (bicyclic) bond motifs is 1. The van der Waals surface area contributed by atoms with Crippen LogP contribution in [0, 0.1) is 0 Å². The first-order chi connectivity index (χ1) is 22.2. The van der Waals surface area contributed by atoms with Crippen molar-refractivity contribution in [2.24, 2.45) is 7.05 Å². The van der Waals surface area contributed by atoms with E-state index in [1.807, 2.05) is 48.2 Å². The Balaban J connectivity index is 1.26. The predicted molar refractivity (Wildman–Crippen MR) is 187 cm³/mol. The van der Waals surface area contributed by atoms with Crippen LogP contribution in [0.25, 0.3) is 28.2 Å². The van der Waals surface area contributed by atoms with Crippen molar-refractivity contribution >= 4 is 41.9 Å². The van der Waals surface area contributed by atoms with Gasteiger partial charge in [0.1, 0.15) is 5.69 Å². The molecule has 10 heteroatoms. The molecule has 0 saturated heterocycles. The number of hydrogen-bond donors (Lipinski definition) is 1. The summed E-state index contributed by atoms with van der Waals surface area (Å²) in [5.74, 6) is 0.558. The van der Waals surface area contributed by atoms with Crippen molar-refractivity contribution in [3.05, 3.63) is 109 Å². The van der Waals surface area contributed by atoms with Crippen LogP contribution in [0.2, 0.25) is 10.1 Å². The van der Waals surface area contributed by atoms with Crippen LogP contribution in [0.15, 0.2) is 104 Å². The Morgan fingerprint density at radius 3 is 2.13 bits per heavy atom. The van der Waals surface area contributed by atoms with Crippen molar-refractivity contribution < 1.29 is 4.43 Å². The fourth-order valence-electron chi connectivity index (χ4n) is 6.76. The van der Waals surface area contributed by atoms with Gasteiger partial charge in [0.25, 0.3) is 8.32 Å². The maximum absolute atomic E-state index is 7.56. The number of benzene rings is 3. The van der Waals surface area contributed by atoms with Crippen molar-refractivity contribution in [3.8, 4) is 22.5 Å². The third-order valence-electron chi connectivity index (χ3n) is 8.95. The van der Waals surface area contributed by atoms with Crippen LogP contribution in [0.4, 0.5) is 5.95 Å². The van der Waals surface area contributed by atoms with Gasteiger partial charge in [-0.05, 0) is 46.8 Å². The summed E-state index contributed by atoms with van der Waals surface area (Å²) in [6.07, 6.45) is 8.68. The Kier molecular flexibility index (Phi) is 8.00. The number of nitrogens with one attached hydrogen (secondary N) is 1. The largest absolute Gasteiger partial charge is 0.402 e. The van der Waals surface area contributed by atoms with Crippen LogP contribution in [0.3, 0.4) is 0 Å². The average Bonchev–Trinajstić information content (AvgIpc) is 3.80. The standard InChI is InChI=1S/C36H38ClN7OSi/c1-36(2,3)46(28-12-7-5-8-13-28,29-14-9-6-10-15-29)45-32-17-11-16-30(32)40-35-41-34-33(26-22-38-43(4)23-26)39-31(24-44(34)42-35)25-18-20-27(37)21-19-25/h5-10,12-15,18-24,30,32H,11,16-17H2,1-4H3,(H,40,42)/t30-,32+/m1/s1. The van der Waals surface area contributed by atoms with Crippen molar-refractivity contribution in [2.45, 2.75) is 57.2 Å². The molecule has 1 N–H and O–H groups in total. The van der Waals surface area contributed by atoms with E-state index in [1.54, 1.807) is 10.9 Å². The lowest BCUT2D eigenvalue weighted by atomic mass is 10.1. The lowest BCUT2D eigenvalue weighted by Gasteiger charge is -2.45. The number of rotatable bonds is 8. The Morgan fingerprint density at radius 2 is 1.52 bits per heavy atom. The molecule has 0 unspecified atom stereocenters. The van der Waals surface area contributed by atoms with Gasteiger partial charge in [0.05, 0.1) is 30.2 Å². The molecule has 3 aromatic heterocycles. The highest BCUT2D eigenvalue weighted by Gasteiger charge is 2.52. The van der Waals surface area contributed by atoms with Gasteiger partial charge in [-0.2, -0.15) is 10.1 Å². The van der Waals surface area contributed by atoms with Crippen molar-refractivity contribution in [1.82, 2.24) is 29.4 Å². The minimum absolute atomic E-state index is 0.00142. The van der Waals surface area contributed by atoms with E-state index in [1.165, 1.54) is 10.4 Å². The average molecular weight is 648 g/mol. The fraction of sp³-hybridized carbons (Fsp3) is 0.278. The Hall–Kier alpha value is -4.31. The van der Waals surface area contributed by atoms with Crippen LogP contribution in [-0.4, -0.2) is 49.8 Å². The minimum atomic E-state index is -2.72. The van der Waals surface area contributed by atoms with Gasteiger partial charge in [-0.15, -0.1) is 5.10 Å². The van der Waals surface area contributed by atoms with Gasteiger partial charge in [-0.1, -0.05) is 105 Å². The van der Waals surface area contributed by atoms with Crippen molar-refractivity contribution in [3.63, 3.8) is 0 Å². The van der Waals surface area contributed by atoms with Crippen molar-refractivity contribution in [1.29, 1.82) is 0 Å². The third kappa shape index (κ3) is 5.63. The molecule has 0 spiro atoms. The molecule has 6 aromatic rings. The second kappa shape index (κ2) is 12.1. The van der Waals surface area contributed by atoms with Crippen LogP contribution in [-0.2, 0) is 11.5 Å². The van der Waals surface area contributed by atoms with E-state index in [4.69, 9.17) is 31.1 Å². The molecule has 0 aliphatic heterocycles. The van der Waals surface area contributed by atoms with Crippen molar-refractivity contribution in [2.75, 3.05) is 5.32 Å². The quantitative estimate of drug-likeness (QED) is 0.184. The SMILES string of the molecule is Cn1cc(-c2nc(-c3ccc(Cl)cc3)cn3nc(N[C@@H]4CCC[C@@H]4O[Si](c4ccccc4)(c4ccccc4)C(C)(C)C)nc23)cn1. The zero-order valence-corrected chi connectivity index (χ0v) is 28.3. The smallest absolute Gasteiger partial charge is 0.261 e. The van der Waals surface area contributed by atoms with E-state index >= 15 is 0 Å². The molecule has 3 aromatic carbocycles. The molecule has 8 nitrogen and oxygen atoms in total. The summed E-state index contributed by atoms with van der Waals surface area (Å²) in [6, 6.07) is 29.4. The second-order valence-corrected chi connectivity index (χ2v) is 17.8. The van der Waals surface area contributed by atoms with Gasteiger partial charge in [-0.3, -0.25) is 4.68 Å². The summed E-state index contributed by atoms with van der Waals surface area (Å²) in [5.41, 5.74) is 3.96. The first-order valence-electron chi connectivity index (χ1n) is 15.8. The topological polar surface area (TPSA) is 82.2 Å². The summed E-state index contributed by atoms with van der Waals surface area (Å²) in [4.78, 5) is 10.0. The monoisotopic (exact) mass is 647 g/mol. The lowest BCUT2D eigenvalue weighted by Crippen LogP contribution is -2.68. The summed E-state index contributed by atoms with van der Waals surface area (Å²) >= 11 is 6.18. The van der Waals surface area contributed by atoms with Gasteiger partial charge < -0.3 is 9.74 Å². The summed E-state index contributed by atoms with van der Waals surface area (Å²) in [6.45, 7) is 6.97. The van der Waals surface area contributed by atoms with Crippen LogP contribution in [0.5, 0.6) is 0 Å². The van der Waals surface area contributed by atoms with Gasteiger partial charge in [0, 0.05) is 29.4 Å². The lowest BCUT2D eigenvalue weighted by molar-refractivity contribution is 0.184. The minimum Gasteiger partial charge on any atom is -0.402 e. The van der Waals surface area contributed by atoms with E-state index in [0.29, 0.717) is 22.3 Å². The molecule has 1 fully saturated rings. The zero-order valence-electron chi connectivity index (χ0n) is 26.6. The molecular formula is C36H38ClN7OSi.